The zero-order valence-corrected chi connectivity index (χ0v) is 32.7. The van der Waals surface area contributed by atoms with Crippen LogP contribution in [0.15, 0.2) is 12.1 Å². The molecular formula is C36H53ClN6O12. The molecule has 3 rings (SSSR count). The molecule has 2 bridgehead atoms. The third-order valence-electron chi connectivity index (χ3n) is 10.4. The van der Waals surface area contributed by atoms with Gasteiger partial charge in [0.15, 0.2) is 11.5 Å². The zero-order valence-electron chi connectivity index (χ0n) is 32.0. The number of likely N-dealkylation sites (tertiary alicyclic amines) is 1. The molecule has 0 aromatic heterocycles. The number of phenolic OH excluding ortho intramolecular Hbond substituents is 1. The molecule has 2 aliphatic rings. The van der Waals surface area contributed by atoms with E-state index in [0.29, 0.717) is 12.8 Å². The Labute approximate surface area is 324 Å². The van der Waals surface area contributed by atoms with E-state index in [4.69, 9.17) is 21.4 Å². The molecule has 0 aliphatic carbocycles. The van der Waals surface area contributed by atoms with Crippen LogP contribution in [0.5, 0.6) is 11.5 Å². The summed E-state index contributed by atoms with van der Waals surface area (Å²) in [6.07, 6.45) is -1.52. The average Bonchev–Trinajstić information content (AvgIpc) is 3.62. The summed E-state index contributed by atoms with van der Waals surface area (Å²) >= 11 is 6.36. The maximum absolute atomic E-state index is 14.7. The molecule has 1 fully saturated rings. The monoisotopic (exact) mass is 796 g/mol. The van der Waals surface area contributed by atoms with E-state index in [-0.39, 0.29) is 35.7 Å². The molecule has 9 atom stereocenters. The lowest BCUT2D eigenvalue weighted by atomic mass is 9.90. The van der Waals surface area contributed by atoms with Crippen LogP contribution in [0.2, 0.25) is 5.02 Å². The van der Waals surface area contributed by atoms with E-state index < -0.39 is 113 Å². The van der Waals surface area contributed by atoms with Crippen LogP contribution in [0.25, 0.3) is 0 Å². The van der Waals surface area contributed by atoms with Gasteiger partial charge in [0.05, 0.1) is 11.4 Å². The molecule has 2 heterocycles. The lowest BCUT2D eigenvalue weighted by Gasteiger charge is -2.40. The lowest BCUT2D eigenvalue weighted by molar-refractivity contribution is -0.148. The molecule has 5 amide bonds. The Bertz CT molecular complexity index is 1640. The van der Waals surface area contributed by atoms with Crippen molar-refractivity contribution < 1.29 is 58.7 Å². The molecule has 2 aliphatic heterocycles. The highest BCUT2D eigenvalue weighted by atomic mass is 35.5. The smallest absolute Gasteiger partial charge is 0.326 e. The first-order chi connectivity index (χ1) is 25.7. The normalized spacial score (nSPS) is 26.1. The van der Waals surface area contributed by atoms with Gasteiger partial charge < -0.3 is 56.6 Å². The number of likely N-dealkylation sites (N-methyl/N-ethyl adjacent to an activating group) is 1. The molecule has 9 N–H and O–H groups in total. The Balaban J connectivity index is 2.07. The van der Waals surface area contributed by atoms with E-state index in [2.05, 4.69) is 26.6 Å². The number of carbonyl (C=O) groups is 7. The van der Waals surface area contributed by atoms with E-state index in [1.54, 1.807) is 34.6 Å². The maximum atomic E-state index is 14.7. The number of carbonyl (C=O) groups excluding carboxylic acids is 5. The first kappa shape index (κ1) is 44.7. The molecule has 0 spiro atoms. The number of nitrogens with zero attached hydrogens (tertiary/aromatic N) is 1. The fourth-order valence-corrected chi connectivity index (χ4v) is 6.81. The molecule has 3 unspecified atom stereocenters. The number of aliphatic carboxylic acids is 2. The van der Waals surface area contributed by atoms with Gasteiger partial charge in [-0.05, 0) is 62.8 Å². The van der Waals surface area contributed by atoms with Crippen LogP contribution in [0.1, 0.15) is 85.3 Å². The van der Waals surface area contributed by atoms with Crippen LogP contribution in [0, 0.1) is 11.8 Å². The summed E-state index contributed by atoms with van der Waals surface area (Å²) in [6, 6.07) is -5.74. The number of hydrogen-bond donors (Lipinski definition) is 9. The van der Waals surface area contributed by atoms with Gasteiger partial charge >= 0.3 is 11.9 Å². The van der Waals surface area contributed by atoms with Crippen LogP contribution in [0.4, 0.5) is 0 Å². The van der Waals surface area contributed by atoms with Gasteiger partial charge in [-0.1, -0.05) is 52.6 Å². The second-order valence-electron chi connectivity index (χ2n) is 14.6. The van der Waals surface area contributed by atoms with Crippen molar-refractivity contribution in [1.82, 2.24) is 31.5 Å². The van der Waals surface area contributed by atoms with Crippen molar-refractivity contribution in [3.05, 3.63) is 22.7 Å². The van der Waals surface area contributed by atoms with Crippen molar-refractivity contribution in [3.63, 3.8) is 0 Å². The van der Waals surface area contributed by atoms with Crippen molar-refractivity contribution in [2.24, 2.45) is 11.8 Å². The number of aromatic hydroxyl groups is 1. The van der Waals surface area contributed by atoms with Gasteiger partial charge in [0.2, 0.25) is 29.5 Å². The quantitative estimate of drug-likeness (QED) is 0.131. The molecule has 1 aromatic rings. The third kappa shape index (κ3) is 10.3. The fourth-order valence-electron chi connectivity index (χ4n) is 6.60. The SMILES string of the molecule is CCC(C)C(NC(=O)[C@@H]1CCCN1C(=O)[C@H]1NC(=O)[C@H](C(C)C)NC(=O)[C@@H](NC)[C@@H](O)c2cc(Cl)c(O)c(c2)O[C@]1(C)CC)C(=O)NC(CC(=O)O)C(=O)O. The van der Waals surface area contributed by atoms with Crippen LogP contribution < -0.4 is 31.3 Å². The predicted molar refractivity (Wildman–Crippen MR) is 197 cm³/mol. The number of carboxylic acid groups (broad SMARTS) is 2. The lowest BCUT2D eigenvalue weighted by Crippen LogP contribution is -2.66. The largest absolute Gasteiger partial charge is 0.503 e. The second kappa shape index (κ2) is 18.8. The van der Waals surface area contributed by atoms with E-state index in [1.807, 2.05) is 0 Å². The first-order valence-electron chi connectivity index (χ1n) is 18.2. The minimum Gasteiger partial charge on any atom is -0.503 e. The van der Waals surface area contributed by atoms with Crippen molar-refractivity contribution >= 4 is 53.1 Å². The highest BCUT2D eigenvalue weighted by Gasteiger charge is 2.49. The van der Waals surface area contributed by atoms with Gasteiger partial charge in [0.25, 0.3) is 0 Å². The summed E-state index contributed by atoms with van der Waals surface area (Å²) in [5.74, 6) is -8.82. The average molecular weight is 797 g/mol. The van der Waals surface area contributed by atoms with E-state index in [9.17, 15) is 48.9 Å². The number of nitrogens with one attached hydrogen (secondary N) is 5. The number of rotatable bonds is 13. The highest BCUT2D eigenvalue weighted by Crippen LogP contribution is 2.41. The Kier molecular flexibility index (Phi) is 15.3. The standard InChI is InChI=1S/C36H53ClN6O12/c1-8-17(5)25(32(50)39-20(35(53)54)15-23(44)45)41-30(48)21-11-10-12-43(21)34(52)29-36(6,9-2)55-22-14-18(13-19(37)28(22)47)27(46)26(38-7)33(51)40-24(16(3)4)31(49)42-29/h13-14,16-17,20-21,24-27,29,38,46-47H,8-12,15H2,1-7H3,(H,39,50)(H,40,51)(H,41,48)(H,42,49)(H,44,45)(H,53,54)/t17?,20?,21-,24-,25?,26-,27-,29+,36+/m0/s1. The Morgan fingerprint density at radius 2 is 1.71 bits per heavy atom. The topological polar surface area (TPSA) is 273 Å². The molecule has 18 nitrogen and oxygen atoms in total. The summed E-state index contributed by atoms with van der Waals surface area (Å²) in [5, 5.41) is 53.6. The number of phenols is 1. The number of halogens is 1. The third-order valence-corrected chi connectivity index (χ3v) is 10.7. The van der Waals surface area contributed by atoms with Gasteiger partial charge in [-0.25, -0.2) is 4.79 Å². The Morgan fingerprint density at radius 3 is 2.25 bits per heavy atom. The fraction of sp³-hybridized carbons (Fsp3) is 0.639. The van der Waals surface area contributed by atoms with Gasteiger partial charge in [0, 0.05) is 6.54 Å². The van der Waals surface area contributed by atoms with Gasteiger partial charge in [-0.3, -0.25) is 28.8 Å². The number of benzene rings is 1. The summed E-state index contributed by atoms with van der Waals surface area (Å²) in [6.45, 7) is 9.95. The number of ether oxygens (including phenoxy) is 1. The Hall–Kier alpha value is -4.68. The van der Waals surface area contributed by atoms with Crippen molar-refractivity contribution in [2.45, 2.75) is 122 Å². The number of aliphatic hydroxyl groups is 1. The minimum atomic E-state index is -1.76. The number of fused-ring (bicyclic) bond motifs is 2. The predicted octanol–water partition coefficient (Wildman–Crippen LogP) is 0.420. The molecule has 1 saturated heterocycles. The van der Waals surface area contributed by atoms with Gasteiger partial charge in [0.1, 0.15) is 48.0 Å². The number of aliphatic hydroxyl groups excluding tert-OH is 1. The van der Waals surface area contributed by atoms with Crippen LogP contribution >= 0.6 is 11.6 Å². The number of carboxylic acids is 2. The molecule has 0 saturated carbocycles. The van der Waals surface area contributed by atoms with E-state index in [0.717, 1.165) is 0 Å². The molecule has 1 aromatic carbocycles. The minimum absolute atomic E-state index is 0.0351. The number of amides is 5. The summed E-state index contributed by atoms with van der Waals surface area (Å²) in [5.41, 5.74) is -1.57. The molecule has 0 radical (unpaired) electrons. The van der Waals surface area contributed by atoms with Crippen molar-refractivity contribution in [3.8, 4) is 11.5 Å². The van der Waals surface area contributed by atoms with Gasteiger partial charge in [-0.15, -0.1) is 0 Å². The van der Waals surface area contributed by atoms with Crippen LogP contribution in [-0.2, 0) is 33.6 Å². The number of hydrogen-bond acceptors (Lipinski definition) is 11. The summed E-state index contributed by atoms with van der Waals surface area (Å²) in [4.78, 5) is 93.7. The van der Waals surface area contributed by atoms with E-state index in [1.165, 1.54) is 31.0 Å². The highest BCUT2D eigenvalue weighted by molar-refractivity contribution is 6.32. The molecule has 306 valence electrons. The second-order valence-corrected chi connectivity index (χ2v) is 15.0. The van der Waals surface area contributed by atoms with Crippen LogP contribution in [0.3, 0.4) is 0 Å². The van der Waals surface area contributed by atoms with Crippen molar-refractivity contribution in [1.29, 1.82) is 0 Å². The van der Waals surface area contributed by atoms with Gasteiger partial charge in [-0.2, -0.15) is 0 Å². The van der Waals surface area contributed by atoms with Crippen LogP contribution in [-0.4, -0.2) is 122 Å². The maximum Gasteiger partial charge on any atom is 0.326 e. The summed E-state index contributed by atoms with van der Waals surface area (Å²) < 4.78 is 6.34. The van der Waals surface area contributed by atoms with Crippen molar-refractivity contribution in [2.75, 3.05) is 13.6 Å². The van der Waals surface area contributed by atoms with E-state index >= 15 is 0 Å². The molecule has 19 heteroatoms. The first-order valence-corrected chi connectivity index (χ1v) is 18.6. The molecule has 55 heavy (non-hydrogen) atoms. The molecular weight excluding hydrogens is 744 g/mol. The summed E-state index contributed by atoms with van der Waals surface area (Å²) in [7, 11) is 1.44. The zero-order chi connectivity index (χ0) is 41.5. The Morgan fingerprint density at radius 1 is 1.05 bits per heavy atom.